The molecule has 0 unspecified atom stereocenters. The van der Waals surface area contributed by atoms with Gasteiger partial charge in [0.2, 0.25) is 0 Å². The number of ether oxygens (including phenoxy) is 2. The van der Waals surface area contributed by atoms with Gasteiger partial charge in [0.1, 0.15) is 12.4 Å². The monoisotopic (exact) mass is 476 g/mol. The molecule has 0 aliphatic carbocycles. The van der Waals surface area contributed by atoms with E-state index in [9.17, 15) is 4.79 Å². The molecule has 3 aromatic carbocycles. The van der Waals surface area contributed by atoms with Gasteiger partial charge in [0, 0.05) is 30.3 Å². The number of anilines is 1. The Hall–Kier alpha value is -2.96. The summed E-state index contributed by atoms with van der Waals surface area (Å²) in [6, 6.07) is 26.9. The van der Waals surface area contributed by atoms with E-state index in [4.69, 9.17) is 9.47 Å². The molecule has 5 nitrogen and oxygen atoms in total. The van der Waals surface area contributed by atoms with Crippen molar-refractivity contribution < 1.29 is 14.3 Å². The van der Waals surface area contributed by atoms with Gasteiger partial charge in [-0.05, 0) is 42.3 Å². The lowest BCUT2D eigenvalue weighted by Crippen LogP contribution is -2.33. The van der Waals surface area contributed by atoms with Crippen LogP contribution >= 0.6 is 11.8 Å². The first-order valence-corrected chi connectivity index (χ1v) is 12.8. The molecule has 0 N–H and O–H groups in total. The van der Waals surface area contributed by atoms with Gasteiger partial charge < -0.3 is 14.4 Å². The maximum atomic E-state index is 12.1. The normalized spacial score (nSPS) is 12.9. The molecule has 0 saturated carbocycles. The predicted molar refractivity (Wildman–Crippen MR) is 139 cm³/mol. The number of thioether (sulfide) groups is 1. The van der Waals surface area contributed by atoms with Gasteiger partial charge in [-0.3, -0.25) is 9.69 Å². The maximum Gasteiger partial charge on any atom is 0.320 e. The third-order valence-electron chi connectivity index (χ3n) is 5.69. The van der Waals surface area contributed by atoms with Crippen LogP contribution in [0.5, 0.6) is 5.75 Å². The largest absolute Gasteiger partial charge is 0.492 e. The predicted octanol–water partition coefficient (Wildman–Crippen LogP) is 5.24. The molecule has 0 radical (unpaired) electrons. The topological polar surface area (TPSA) is 42.0 Å². The van der Waals surface area contributed by atoms with Crippen LogP contribution in [0, 0.1) is 0 Å². The van der Waals surface area contributed by atoms with Crippen molar-refractivity contribution in [1.82, 2.24) is 4.90 Å². The van der Waals surface area contributed by atoms with E-state index in [0.29, 0.717) is 26.3 Å². The van der Waals surface area contributed by atoms with Crippen LogP contribution in [0.3, 0.4) is 0 Å². The van der Waals surface area contributed by atoms with Crippen molar-refractivity contribution in [3.63, 3.8) is 0 Å². The van der Waals surface area contributed by atoms with E-state index in [2.05, 4.69) is 58.3 Å². The van der Waals surface area contributed by atoms with Gasteiger partial charge in [0.05, 0.1) is 25.4 Å². The van der Waals surface area contributed by atoms with Crippen molar-refractivity contribution in [2.45, 2.75) is 24.9 Å². The molecule has 6 heteroatoms. The van der Waals surface area contributed by atoms with E-state index in [1.54, 1.807) is 0 Å². The number of carbonyl (C=O) groups is 1. The number of carbonyl (C=O) groups excluding carboxylic acids is 1. The smallest absolute Gasteiger partial charge is 0.320 e. The Morgan fingerprint density at radius 3 is 2.41 bits per heavy atom. The standard InChI is InChI=1S/C28H32N2O3S/c1-2-32-28(31)22-29(20-23-8-4-3-5-9-23)21-24-12-14-25(15-13-24)33-18-16-30-17-19-34-27-11-7-6-10-26(27)30/h3-15H,2,16-22H2,1H3. The summed E-state index contributed by atoms with van der Waals surface area (Å²) in [5.41, 5.74) is 3.61. The molecule has 1 aliphatic rings. The molecule has 1 aliphatic heterocycles. The molecule has 0 aromatic heterocycles. The molecule has 1 heterocycles. The number of esters is 1. The number of rotatable bonds is 11. The zero-order valence-corrected chi connectivity index (χ0v) is 20.5. The molecule has 0 spiro atoms. The second-order valence-corrected chi connectivity index (χ2v) is 9.37. The molecule has 0 atom stereocenters. The second kappa shape index (κ2) is 12.5. The van der Waals surface area contributed by atoms with Gasteiger partial charge in [-0.2, -0.15) is 0 Å². The summed E-state index contributed by atoms with van der Waals surface area (Å²) in [6.07, 6.45) is 0. The number of hydrogen-bond acceptors (Lipinski definition) is 6. The average molecular weight is 477 g/mol. The maximum absolute atomic E-state index is 12.1. The minimum absolute atomic E-state index is 0.198. The highest BCUT2D eigenvalue weighted by Crippen LogP contribution is 2.34. The Morgan fingerprint density at radius 1 is 0.941 bits per heavy atom. The van der Waals surface area contributed by atoms with Crippen LogP contribution in [-0.4, -0.2) is 49.5 Å². The highest BCUT2D eigenvalue weighted by molar-refractivity contribution is 7.99. The quantitative estimate of drug-likeness (QED) is 0.353. The fourth-order valence-corrected chi connectivity index (χ4v) is 5.13. The minimum atomic E-state index is -0.198. The summed E-state index contributed by atoms with van der Waals surface area (Å²) in [5.74, 6) is 1.77. The molecule has 0 saturated heterocycles. The van der Waals surface area contributed by atoms with E-state index < -0.39 is 0 Å². The van der Waals surface area contributed by atoms with Gasteiger partial charge in [-0.15, -0.1) is 11.8 Å². The fraction of sp³-hybridized carbons (Fsp3) is 0.321. The first kappa shape index (κ1) is 24.2. The molecular formula is C28H32N2O3S. The zero-order chi connectivity index (χ0) is 23.6. The van der Waals surface area contributed by atoms with Crippen molar-refractivity contribution in [3.05, 3.63) is 90.0 Å². The number of fused-ring (bicyclic) bond motifs is 1. The van der Waals surface area contributed by atoms with E-state index in [1.807, 2.05) is 49.0 Å². The molecule has 4 rings (SSSR count). The van der Waals surface area contributed by atoms with Gasteiger partial charge in [0.25, 0.3) is 0 Å². The fourth-order valence-electron chi connectivity index (χ4n) is 4.08. The number of para-hydroxylation sites is 1. The summed E-state index contributed by atoms with van der Waals surface area (Å²) in [4.78, 5) is 18.0. The first-order chi connectivity index (χ1) is 16.7. The van der Waals surface area contributed by atoms with Gasteiger partial charge in [-0.1, -0.05) is 54.6 Å². The van der Waals surface area contributed by atoms with Crippen LogP contribution in [0.4, 0.5) is 5.69 Å². The summed E-state index contributed by atoms with van der Waals surface area (Å²) < 4.78 is 11.2. The Kier molecular flexibility index (Phi) is 8.88. The van der Waals surface area contributed by atoms with Crippen molar-refractivity contribution in [2.75, 3.05) is 43.5 Å². The Morgan fingerprint density at radius 2 is 1.65 bits per heavy atom. The molecule has 0 bridgehead atoms. The van der Waals surface area contributed by atoms with Crippen molar-refractivity contribution >= 4 is 23.4 Å². The molecule has 3 aromatic rings. The van der Waals surface area contributed by atoms with E-state index in [0.717, 1.165) is 30.2 Å². The lowest BCUT2D eigenvalue weighted by atomic mass is 10.1. The van der Waals surface area contributed by atoms with Crippen LogP contribution in [0.2, 0.25) is 0 Å². The Labute approximate surface area is 206 Å². The average Bonchev–Trinajstić information content (AvgIpc) is 2.86. The Bertz CT molecular complexity index is 1040. The van der Waals surface area contributed by atoms with E-state index in [-0.39, 0.29) is 12.5 Å². The van der Waals surface area contributed by atoms with Crippen LogP contribution in [0.15, 0.2) is 83.8 Å². The summed E-state index contributed by atoms with van der Waals surface area (Å²) in [5, 5.41) is 0. The zero-order valence-electron chi connectivity index (χ0n) is 19.7. The highest BCUT2D eigenvalue weighted by atomic mass is 32.2. The van der Waals surface area contributed by atoms with Crippen LogP contribution in [0.25, 0.3) is 0 Å². The Balaban J connectivity index is 1.31. The molecule has 34 heavy (non-hydrogen) atoms. The van der Waals surface area contributed by atoms with E-state index in [1.165, 1.54) is 16.1 Å². The molecule has 0 fully saturated rings. The van der Waals surface area contributed by atoms with Gasteiger partial charge in [0.15, 0.2) is 0 Å². The molecule has 178 valence electrons. The second-order valence-electron chi connectivity index (χ2n) is 8.23. The van der Waals surface area contributed by atoms with Crippen LogP contribution in [0.1, 0.15) is 18.1 Å². The van der Waals surface area contributed by atoms with Gasteiger partial charge in [-0.25, -0.2) is 0 Å². The summed E-state index contributed by atoms with van der Waals surface area (Å²) >= 11 is 1.92. The summed E-state index contributed by atoms with van der Waals surface area (Å²) in [6.45, 7) is 6.39. The van der Waals surface area contributed by atoms with Crippen LogP contribution < -0.4 is 9.64 Å². The summed E-state index contributed by atoms with van der Waals surface area (Å²) in [7, 11) is 0. The first-order valence-electron chi connectivity index (χ1n) is 11.8. The van der Waals surface area contributed by atoms with Crippen molar-refractivity contribution in [2.24, 2.45) is 0 Å². The van der Waals surface area contributed by atoms with Gasteiger partial charge >= 0.3 is 5.97 Å². The molecular weight excluding hydrogens is 444 g/mol. The van der Waals surface area contributed by atoms with Crippen LogP contribution in [-0.2, 0) is 22.6 Å². The minimum Gasteiger partial charge on any atom is -0.492 e. The SMILES string of the molecule is CCOC(=O)CN(Cc1ccccc1)Cc1ccc(OCCN2CCSc3ccccc32)cc1. The highest BCUT2D eigenvalue weighted by Gasteiger charge is 2.16. The third kappa shape index (κ3) is 7.02. The lowest BCUT2D eigenvalue weighted by molar-refractivity contribution is -0.144. The number of hydrogen-bond donors (Lipinski definition) is 0. The van der Waals surface area contributed by atoms with Crippen molar-refractivity contribution in [1.29, 1.82) is 0 Å². The lowest BCUT2D eigenvalue weighted by Gasteiger charge is -2.30. The number of benzene rings is 3. The van der Waals surface area contributed by atoms with E-state index >= 15 is 0 Å². The molecule has 0 amide bonds. The van der Waals surface area contributed by atoms with Crippen molar-refractivity contribution in [3.8, 4) is 5.75 Å². The number of nitrogens with zero attached hydrogens (tertiary/aromatic N) is 2. The third-order valence-corrected chi connectivity index (χ3v) is 6.73.